The summed E-state index contributed by atoms with van der Waals surface area (Å²) in [4.78, 5) is 9.95. The molecule has 0 radical (unpaired) electrons. The van der Waals surface area contributed by atoms with Crippen LogP contribution in [0.25, 0.3) is 0 Å². The number of thioether (sulfide) groups is 1. The van der Waals surface area contributed by atoms with E-state index in [1.54, 1.807) is 0 Å². The molecular formula is C5H10Cl2O3SZn. The summed E-state index contributed by atoms with van der Waals surface area (Å²) in [6.45, 7) is 0. The summed E-state index contributed by atoms with van der Waals surface area (Å²) < 4.78 is 0. The molecule has 70 valence electrons. The Bertz CT molecular complexity index is 107. The van der Waals surface area contributed by atoms with E-state index >= 15 is 0 Å². The molecule has 0 aromatic rings. The fourth-order valence-electron chi connectivity index (χ4n) is 0.353. The zero-order valence-electron chi connectivity index (χ0n) is 6.67. The van der Waals surface area contributed by atoms with E-state index in [1.807, 2.05) is 6.26 Å². The Morgan fingerprint density at radius 2 is 1.92 bits per heavy atom. The fourth-order valence-corrected chi connectivity index (χ4v) is 0.812. The summed E-state index contributed by atoms with van der Waals surface area (Å²) >= 11 is 1.52. The number of rotatable bonds is 4. The Hall–Kier alpha value is 0.983. The molecule has 0 heterocycles. The molecule has 0 rings (SSSR count). The fraction of sp³-hybridized carbons (Fsp3) is 0.800. The maximum absolute atomic E-state index is 9.95. The molecule has 3 nitrogen and oxygen atoms in total. The van der Waals surface area contributed by atoms with E-state index in [0.717, 1.165) is 0 Å². The minimum Gasteiger partial charge on any atom is -1.00 e. The van der Waals surface area contributed by atoms with Crippen molar-refractivity contribution in [2.75, 3.05) is 12.0 Å². The van der Waals surface area contributed by atoms with Crippen molar-refractivity contribution in [3.63, 3.8) is 0 Å². The van der Waals surface area contributed by atoms with Crippen LogP contribution >= 0.6 is 11.8 Å². The molecule has 0 saturated carbocycles. The van der Waals surface area contributed by atoms with E-state index in [4.69, 9.17) is 10.2 Å². The quantitative estimate of drug-likeness (QED) is 0.506. The van der Waals surface area contributed by atoms with Crippen molar-refractivity contribution in [1.29, 1.82) is 0 Å². The molecule has 12 heavy (non-hydrogen) atoms. The van der Waals surface area contributed by atoms with Gasteiger partial charge in [-0.3, -0.25) is 0 Å². The van der Waals surface area contributed by atoms with E-state index < -0.39 is 12.1 Å². The first-order valence-corrected chi connectivity index (χ1v) is 3.97. The normalized spacial score (nSPS) is 9.83. The van der Waals surface area contributed by atoms with Crippen molar-refractivity contribution in [2.24, 2.45) is 0 Å². The van der Waals surface area contributed by atoms with Gasteiger partial charge in [0.1, 0.15) is 0 Å². The summed E-state index contributed by atoms with van der Waals surface area (Å²) in [5.41, 5.74) is 0. The van der Waals surface area contributed by atoms with Gasteiger partial charge < -0.3 is 35.0 Å². The molecule has 0 aliphatic rings. The predicted molar refractivity (Wildman–Crippen MR) is 36.6 cm³/mol. The van der Waals surface area contributed by atoms with Crippen molar-refractivity contribution >= 4 is 17.7 Å². The van der Waals surface area contributed by atoms with Crippen molar-refractivity contribution in [2.45, 2.75) is 12.5 Å². The third-order valence-corrected chi connectivity index (χ3v) is 1.52. The Balaban J connectivity index is -0.000000107. The molecule has 0 fully saturated rings. The zero-order valence-corrected chi connectivity index (χ0v) is 12.0. The van der Waals surface area contributed by atoms with Crippen LogP contribution in [0.2, 0.25) is 0 Å². The van der Waals surface area contributed by atoms with Gasteiger partial charge in [0.15, 0.2) is 6.10 Å². The van der Waals surface area contributed by atoms with Crippen molar-refractivity contribution in [3.8, 4) is 0 Å². The smallest absolute Gasteiger partial charge is 1.00 e. The minimum absolute atomic E-state index is 0. The Labute approximate surface area is 101 Å². The monoisotopic (exact) mass is 284 g/mol. The maximum Gasteiger partial charge on any atom is 2.00 e. The van der Waals surface area contributed by atoms with Crippen LogP contribution < -0.4 is 24.8 Å². The van der Waals surface area contributed by atoms with Crippen molar-refractivity contribution < 1.29 is 59.3 Å². The summed E-state index contributed by atoms with van der Waals surface area (Å²) in [5.74, 6) is -0.447. The minimum atomic E-state index is -1.18. The van der Waals surface area contributed by atoms with Gasteiger partial charge in [0.2, 0.25) is 0 Å². The standard InChI is InChI=1S/C5H10O3S.2ClH.Zn/c1-9-3-2-4(6)5(7)8;;;/h4,6H,2-3H2,1H3,(H,7,8);2*1H;/q;;;+2/p-2. The molecule has 0 spiro atoms. The summed E-state index contributed by atoms with van der Waals surface area (Å²) in [7, 11) is 0. The average molecular weight is 286 g/mol. The van der Waals surface area contributed by atoms with Gasteiger partial charge in [-0.2, -0.15) is 11.8 Å². The van der Waals surface area contributed by atoms with Crippen molar-refractivity contribution in [3.05, 3.63) is 0 Å². The SMILES string of the molecule is CSCCC(O)C(=O)O.[Cl-].[Cl-].[Zn+2]. The van der Waals surface area contributed by atoms with Gasteiger partial charge in [0.25, 0.3) is 0 Å². The molecule has 1 unspecified atom stereocenters. The molecule has 0 bridgehead atoms. The number of hydrogen-bond acceptors (Lipinski definition) is 3. The number of carboxylic acid groups (broad SMARTS) is 1. The van der Waals surface area contributed by atoms with Crippen LogP contribution in [-0.2, 0) is 24.3 Å². The van der Waals surface area contributed by atoms with Crippen LogP contribution in [0.5, 0.6) is 0 Å². The molecule has 2 N–H and O–H groups in total. The number of hydrogen-bond donors (Lipinski definition) is 2. The van der Waals surface area contributed by atoms with Gasteiger partial charge in [0, 0.05) is 0 Å². The summed E-state index contributed by atoms with van der Waals surface area (Å²) in [6.07, 6.45) is 1.02. The first kappa shape index (κ1) is 23.1. The van der Waals surface area contributed by atoms with E-state index in [-0.39, 0.29) is 44.3 Å². The Kier molecular flexibility index (Phi) is 27.9. The van der Waals surface area contributed by atoms with Crippen LogP contribution in [0.4, 0.5) is 0 Å². The van der Waals surface area contributed by atoms with E-state index in [0.29, 0.717) is 12.2 Å². The molecule has 0 amide bonds. The molecule has 0 aromatic carbocycles. The van der Waals surface area contributed by atoms with Gasteiger partial charge >= 0.3 is 25.4 Å². The van der Waals surface area contributed by atoms with Gasteiger partial charge in [-0.05, 0) is 18.4 Å². The largest absolute Gasteiger partial charge is 2.00 e. The molecule has 0 saturated heterocycles. The molecule has 0 aliphatic heterocycles. The van der Waals surface area contributed by atoms with E-state index in [9.17, 15) is 4.79 Å². The van der Waals surface area contributed by atoms with Crippen LogP contribution in [0.3, 0.4) is 0 Å². The van der Waals surface area contributed by atoms with E-state index in [1.165, 1.54) is 11.8 Å². The molecule has 0 aromatic heterocycles. The van der Waals surface area contributed by atoms with Crippen LogP contribution in [0.1, 0.15) is 6.42 Å². The summed E-state index contributed by atoms with van der Waals surface area (Å²) in [6, 6.07) is 0. The number of aliphatic carboxylic acids is 1. The first-order valence-electron chi connectivity index (χ1n) is 2.58. The predicted octanol–water partition coefficient (Wildman–Crippen LogP) is -5.81. The third kappa shape index (κ3) is 13.6. The number of carboxylic acids is 1. The van der Waals surface area contributed by atoms with Gasteiger partial charge in [-0.1, -0.05) is 0 Å². The zero-order chi connectivity index (χ0) is 7.28. The number of aliphatic hydroxyl groups excluding tert-OH is 1. The number of carbonyl (C=O) groups is 1. The molecule has 7 heteroatoms. The Morgan fingerprint density at radius 1 is 1.50 bits per heavy atom. The van der Waals surface area contributed by atoms with Gasteiger partial charge in [-0.25, -0.2) is 4.79 Å². The molecular weight excluding hydrogens is 276 g/mol. The second-order valence-electron chi connectivity index (χ2n) is 1.64. The third-order valence-electron chi connectivity index (χ3n) is 0.880. The van der Waals surface area contributed by atoms with E-state index in [2.05, 4.69) is 0 Å². The molecule has 1 atom stereocenters. The van der Waals surface area contributed by atoms with Crippen LogP contribution in [0.15, 0.2) is 0 Å². The first-order chi connectivity index (χ1) is 4.18. The maximum atomic E-state index is 9.95. The van der Waals surface area contributed by atoms with Crippen LogP contribution in [-0.4, -0.2) is 34.3 Å². The molecule has 0 aliphatic carbocycles. The summed E-state index contributed by atoms with van der Waals surface area (Å²) in [5, 5.41) is 16.8. The van der Waals surface area contributed by atoms with Crippen molar-refractivity contribution in [1.82, 2.24) is 0 Å². The second kappa shape index (κ2) is 14.5. The topological polar surface area (TPSA) is 57.5 Å². The number of halogens is 2. The van der Waals surface area contributed by atoms with Gasteiger partial charge in [-0.15, -0.1) is 0 Å². The average Bonchev–Trinajstić information content (AvgIpc) is 1.82. The number of aliphatic hydroxyl groups is 1. The van der Waals surface area contributed by atoms with Crippen LogP contribution in [0, 0.1) is 0 Å². The Morgan fingerprint density at radius 3 is 2.17 bits per heavy atom. The second-order valence-corrected chi connectivity index (χ2v) is 2.62. The van der Waals surface area contributed by atoms with Gasteiger partial charge in [0.05, 0.1) is 0 Å².